The van der Waals surface area contributed by atoms with Crippen LogP contribution in [0, 0.1) is 0 Å². The summed E-state index contributed by atoms with van der Waals surface area (Å²) in [6.45, 7) is 0. The fraction of sp³-hybridized carbons (Fsp3) is 0.0909. The van der Waals surface area contributed by atoms with Gasteiger partial charge in [-0.3, -0.25) is 0 Å². The molecule has 0 saturated carbocycles. The second-order valence-electron chi connectivity index (χ2n) is 3.68. The Labute approximate surface area is 103 Å². The zero-order valence-corrected chi connectivity index (χ0v) is 10.3. The Morgan fingerprint density at radius 2 is 2.06 bits per heavy atom. The van der Waals surface area contributed by atoms with Crippen LogP contribution in [0.15, 0.2) is 41.1 Å². The summed E-state index contributed by atoms with van der Waals surface area (Å²) >= 11 is 1.53. The van der Waals surface area contributed by atoms with Crippen LogP contribution in [0.5, 0.6) is 5.75 Å². The number of benzene rings is 1. The molecule has 1 aromatic carbocycles. The standard InChI is InChI=1S/C11H9NO3S2/c13-17(14)12-11(8-5-6-16-7-8)9-3-1-2-4-10(9)15-17/h1-7,11-12H/t11-/m1/s1. The molecule has 6 heteroatoms. The van der Waals surface area contributed by atoms with Gasteiger partial charge in [-0.25, -0.2) is 0 Å². The van der Waals surface area contributed by atoms with Crippen molar-refractivity contribution >= 4 is 21.6 Å². The van der Waals surface area contributed by atoms with E-state index in [1.165, 1.54) is 11.3 Å². The number of fused-ring (bicyclic) bond motifs is 1. The van der Waals surface area contributed by atoms with E-state index >= 15 is 0 Å². The average molecular weight is 267 g/mol. The van der Waals surface area contributed by atoms with E-state index in [2.05, 4.69) is 4.72 Å². The lowest BCUT2D eigenvalue weighted by Gasteiger charge is -2.25. The number of hydrogen-bond donors (Lipinski definition) is 1. The third kappa shape index (κ3) is 1.95. The SMILES string of the molecule is O=S1(=O)N[C@H](c2ccsc2)c2ccccc2O1. The van der Waals surface area contributed by atoms with Gasteiger partial charge in [-0.1, -0.05) is 18.2 Å². The van der Waals surface area contributed by atoms with Crippen molar-refractivity contribution < 1.29 is 12.6 Å². The van der Waals surface area contributed by atoms with Crippen LogP contribution in [0.25, 0.3) is 0 Å². The van der Waals surface area contributed by atoms with E-state index in [1.807, 2.05) is 29.0 Å². The van der Waals surface area contributed by atoms with Crippen LogP contribution < -0.4 is 8.91 Å². The topological polar surface area (TPSA) is 55.4 Å². The fourth-order valence-corrected chi connectivity index (χ4v) is 3.51. The normalized spacial score (nSPS) is 21.5. The first-order valence-electron chi connectivity index (χ1n) is 4.98. The van der Waals surface area contributed by atoms with E-state index < -0.39 is 10.3 Å². The molecule has 0 amide bonds. The summed E-state index contributed by atoms with van der Waals surface area (Å²) < 4.78 is 30.6. The van der Waals surface area contributed by atoms with Gasteiger partial charge in [-0.2, -0.15) is 24.5 Å². The quantitative estimate of drug-likeness (QED) is 0.860. The molecule has 1 aliphatic heterocycles. The summed E-state index contributed by atoms with van der Waals surface area (Å²) in [4.78, 5) is 0. The molecule has 2 heterocycles. The minimum Gasteiger partial charge on any atom is -0.371 e. The largest absolute Gasteiger partial charge is 0.383 e. The lowest BCUT2D eigenvalue weighted by molar-refractivity contribution is 0.442. The maximum Gasteiger partial charge on any atom is 0.383 e. The Bertz CT molecular complexity index is 634. The summed E-state index contributed by atoms with van der Waals surface area (Å²) in [5, 5.41) is 3.84. The van der Waals surface area contributed by atoms with Crippen molar-refractivity contribution in [3.63, 3.8) is 0 Å². The molecule has 0 fully saturated rings. The van der Waals surface area contributed by atoms with Crippen molar-refractivity contribution in [1.82, 2.24) is 4.72 Å². The molecule has 1 N–H and O–H groups in total. The number of para-hydroxylation sites is 1. The smallest absolute Gasteiger partial charge is 0.371 e. The predicted molar refractivity (Wildman–Crippen MR) is 65.3 cm³/mol. The van der Waals surface area contributed by atoms with Crippen molar-refractivity contribution in [3.05, 3.63) is 52.2 Å². The Morgan fingerprint density at radius 3 is 2.82 bits per heavy atom. The highest BCUT2D eigenvalue weighted by Crippen LogP contribution is 2.35. The molecule has 1 atom stereocenters. The zero-order valence-electron chi connectivity index (χ0n) is 8.66. The number of rotatable bonds is 1. The van der Waals surface area contributed by atoms with Crippen molar-refractivity contribution in [1.29, 1.82) is 0 Å². The summed E-state index contributed by atoms with van der Waals surface area (Å²) in [7, 11) is -3.72. The molecule has 0 aliphatic carbocycles. The highest BCUT2D eigenvalue weighted by molar-refractivity contribution is 7.85. The maximum atomic E-state index is 11.6. The van der Waals surface area contributed by atoms with Crippen LogP contribution in [-0.4, -0.2) is 8.42 Å². The fourth-order valence-electron chi connectivity index (χ4n) is 1.83. The van der Waals surface area contributed by atoms with Gasteiger partial charge in [0, 0.05) is 5.56 Å². The Kier molecular flexibility index (Phi) is 2.43. The van der Waals surface area contributed by atoms with E-state index in [0.29, 0.717) is 5.75 Å². The Hall–Kier alpha value is -1.37. The molecule has 0 bridgehead atoms. The van der Waals surface area contributed by atoms with E-state index in [0.717, 1.165) is 11.1 Å². The molecule has 3 rings (SSSR count). The molecule has 17 heavy (non-hydrogen) atoms. The molecule has 0 radical (unpaired) electrons. The molecule has 0 spiro atoms. The van der Waals surface area contributed by atoms with Gasteiger partial charge < -0.3 is 4.18 Å². The summed E-state index contributed by atoms with van der Waals surface area (Å²) in [6.07, 6.45) is 0. The maximum absolute atomic E-state index is 11.6. The molecule has 88 valence electrons. The van der Waals surface area contributed by atoms with Crippen LogP contribution in [-0.2, 0) is 10.3 Å². The minimum absolute atomic E-state index is 0.365. The molecule has 0 unspecified atom stereocenters. The molecular formula is C11H9NO3S2. The van der Waals surface area contributed by atoms with Gasteiger partial charge >= 0.3 is 10.3 Å². The summed E-state index contributed by atoms with van der Waals surface area (Å²) in [5.74, 6) is 0.391. The van der Waals surface area contributed by atoms with E-state index in [-0.39, 0.29) is 6.04 Å². The Morgan fingerprint density at radius 1 is 1.24 bits per heavy atom. The first-order chi connectivity index (χ1) is 8.16. The van der Waals surface area contributed by atoms with Gasteiger partial charge in [0.15, 0.2) is 0 Å². The number of hydrogen-bond acceptors (Lipinski definition) is 4. The number of thiophene rings is 1. The van der Waals surface area contributed by atoms with Crippen LogP contribution in [0.1, 0.15) is 17.2 Å². The lowest BCUT2D eigenvalue weighted by Crippen LogP contribution is -2.37. The first kappa shape index (κ1) is 10.8. The van der Waals surface area contributed by atoms with Crippen molar-refractivity contribution in [2.75, 3.05) is 0 Å². The van der Waals surface area contributed by atoms with Gasteiger partial charge in [0.2, 0.25) is 0 Å². The Balaban J connectivity index is 2.17. The molecule has 4 nitrogen and oxygen atoms in total. The van der Waals surface area contributed by atoms with E-state index in [1.54, 1.807) is 12.1 Å². The highest BCUT2D eigenvalue weighted by Gasteiger charge is 2.31. The monoisotopic (exact) mass is 267 g/mol. The average Bonchev–Trinajstić information content (AvgIpc) is 2.80. The predicted octanol–water partition coefficient (Wildman–Crippen LogP) is 2.06. The van der Waals surface area contributed by atoms with Gasteiger partial charge in [-0.15, -0.1) is 0 Å². The van der Waals surface area contributed by atoms with Gasteiger partial charge in [-0.05, 0) is 28.5 Å². The molecule has 0 saturated heterocycles. The number of nitrogens with one attached hydrogen (secondary N) is 1. The van der Waals surface area contributed by atoms with E-state index in [4.69, 9.17) is 4.18 Å². The van der Waals surface area contributed by atoms with Crippen LogP contribution in [0.2, 0.25) is 0 Å². The third-order valence-electron chi connectivity index (χ3n) is 2.57. The highest BCUT2D eigenvalue weighted by atomic mass is 32.2. The van der Waals surface area contributed by atoms with Gasteiger partial charge in [0.1, 0.15) is 5.75 Å². The zero-order chi connectivity index (χ0) is 11.9. The summed E-state index contributed by atoms with van der Waals surface area (Å²) in [5.41, 5.74) is 1.76. The first-order valence-corrected chi connectivity index (χ1v) is 7.33. The molecule has 1 aromatic heterocycles. The van der Waals surface area contributed by atoms with Crippen molar-refractivity contribution in [2.45, 2.75) is 6.04 Å². The third-order valence-corrected chi connectivity index (χ3v) is 4.19. The lowest BCUT2D eigenvalue weighted by atomic mass is 10.0. The van der Waals surface area contributed by atoms with Crippen LogP contribution in [0.3, 0.4) is 0 Å². The van der Waals surface area contributed by atoms with E-state index in [9.17, 15) is 8.42 Å². The van der Waals surface area contributed by atoms with Crippen LogP contribution >= 0.6 is 11.3 Å². The molecular weight excluding hydrogens is 258 g/mol. The molecule has 2 aromatic rings. The summed E-state index contributed by atoms with van der Waals surface area (Å²) in [6, 6.07) is 8.67. The molecule has 1 aliphatic rings. The second-order valence-corrected chi connectivity index (χ2v) is 5.77. The van der Waals surface area contributed by atoms with Crippen LogP contribution in [0.4, 0.5) is 0 Å². The van der Waals surface area contributed by atoms with Crippen molar-refractivity contribution in [3.8, 4) is 5.75 Å². The second kappa shape index (κ2) is 3.83. The van der Waals surface area contributed by atoms with Gasteiger partial charge in [0.05, 0.1) is 6.04 Å². The van der Waals surface area contributed by atoms with Gasteiger partial charge in [0.25, 0.3) is 0 Å². The minimum atomic E-state index is -3.72. The van der Waals surface area contributed by atoms with Crippen molar-refractivity contribution in [2.24, 2.45) is 0 Å².